The van der Waals surface area contributed by atoms with Crippen LogP contribution in [0.4, 0.5) is 5.69 Å². The number of carboxylic acids is 1. The third kappa shape index (κ3) is 2.19. The lowest BCUT2D eigenvalue weighted by atomic mass is 10.1. The molecule has 0 spiro atoms. The maximum absolute atomic E-state index is 11.2. The molecular weight excluding hydrogens is 244 g/mol. The van der Waals surface area contributed by atoms with Crippen molar-refractivity contribution in [3.05, 3.63) is 30.0 Å². The third-order valence-electron chi connectivity index (χ3n) is 3.52. The molecule has 0 aliphatic carbocycles. The molecule has 0 amide bonds. The van der Waals surface area contributed by atoms with Crippen LogP contribution in [0.1, 0.15) is 23.3 Å². The first-order valence-corrected chi connectivity index (χ1v) is 6.26. The number of hydrogen-bond donors (Lipinski definition) is 2. The van der Waals surface area contributed by atoms with Crippen LogP contribution in [-0.2, 0) is 4.79 Å². The first-order valence-electron chi connectivity index (χ1n) is 6.26. The van der Waals surface area contributed by atoms with Crippen LogP contribution < -0.4 is 4.90 Å². The number of Topliss-reactive ketones (excluding diaryl/α,β-unsaturated/α-hetero) is 1. The van der Waals surface area contributed by atoms with Crippen LogP contribution >= 0.6 is 0 Å². The molecule has 19 heavy (non-hydrogen) atoms. The second-order valence-electron chi connectivity index (χ2n) is 4.79. The van der Waals surface area contributed by atoms with Crippen LogP contribution in [0.3, 0.4) is 0 Å². The number of carbonyl (C=O) groups is 2. The number of piperidine rings is 1. The summed E-state index contributed by atoms with van der Waals surface area (Å²) in [7, 11) is 0. The number of rotatable bonds is 2. The second-order valence-corrected chi connectivity index (χ2v) is 4.79. The number of nitrogens with one attached hydrogen (secondary N) is 1. The van der Waals surface area contributed by atoms with E-state index in [9.17, 15) is 9.59 Å². The van der Waals surface area contributed by atoms with Gasteiger partial charge >= 0.3 is 5.97 Å². The van der Waals surface area contributed by atoms with Crippen LogP contribution in [0.25, 0.3) is 10.9 Å². The highest BCUT2D eigenvalue weighted by molar-refractivity contribution is 5.95. The number of benzene rings is 1. The van der Waals surface area contributed by atoms with Crippen molar-refractivity contribution in [2.45, 2.75) is 12.8 Å². The summed E-state index contributed by atoms with van der Waals surface area (Å²) in [5.74, 6) is -0.645. The lowest BCUT2D eigenvalue weighted by Gasteiger charge is -2.28. The van der Waals surface area contributed by atoms with Crippen LogP contribution in [0, 0.1) is 0 Å². The number of aromatic carboxylic acids is 1. The van der Waals surface area contributed by atoms with Gasteiger partial charge in [0.15, 0.2) is 0 Å². The molecule has 2 heterocycles. The van der Waals surface area contributed by atoms with E-state index >= 15 is 0 Å². The van der Waals surface area contributed by atoms with Crippen molar-refractivity contribution < 1.29 is 14.7 Å². The normalized spacial score (nSPS) is 16.0. The molecule has 2 aromatic rings. The Morgan fingerprint density at radius 1 is 1.21 bits per heavy atom. The molecule has 1 aromatic heterocycles. The minimum atomic E-state index is -0.957. The largest absolute Gasteiger partial charge is 0.477 e. The van der Waals surface area contributed by atoms with E-state index < -0.39 is 5.97 Å². The second kappa shape index (κ2) is 4.42. The molecule has 1 saturated heterocycles. The molecule has 1 aliphatic heterocycles. The monoisotopic (exact) mass is 258 g/mol. The fraction of sp³-hybridized carbons (Fsp3) is 0.286. The molecule has 5 nitrogen and oxygen atoms in total. The molecule has 0 radical (unpaired) electrons. The Morgan fingerprint density at radius 2 is 1.95 bits per heavy atom. The summed E-state index contributed by atoms with van der Waals surface area (Å²) in [6.07, 6.45) is 1.18. The van der Waals surface area contributed by atoms with Crippen molar-refractivity contribution in [1.29, 1.82) is 0 Å². The van der Waals surface area contributed by atoms with E-state index in [1.165, 1.54) is 0 Å². The number of hydrogen-bond acceptors (Lipinski definition) is 3. The minimum absolute atomic E-state index is 0.195. The van der Waals surface area contributed by atoms with Crippen molar-refractivity contribution in [2.24, 2.45) is 0 Å². The van der Waals surface area contributed by atoms with Crippen LogP contribution in [-0.4, -0.2) is 34.9 Å². The first-order chi connectivity index (χ1) is 9.13. The quantitative estimate of drug-likeness (QED) is 0.864. The maximum atomic E-state index is 11.2. The van der Waals surface area contributed by atoms with E-state index in [2.05, 4.69) is 9.88 Å². The van der Waals surface area contributed by atoms with Gasteiger partial charge in [0.05, 0.1) is 0 Å². The van der Waals surface area contributed by atoms with E-state index in [-0.39, 0.29) is 5.69 Å². The highest BCUT2D eigenvalue weighted by Crippen LogP contribution is 2.24. The van der Waals surface area contributed by atoms with Crippen molar-refractivity contribution in [3.63, 3.8) is 0 Å². The van der Waals surface area contributed by atoms with E-state index in [1.54, 1.807) is 6.07 Å². The van der Waals surface area contributed by atoms with E-state index in [0.29, 0.717) is 18.6 Å². The number of ketones is 1. The first kappa shape index (κ1) is 11.8. The highest BCUT2D eigenvalue weighted by atomic mass is 16.4. The summed E-state index contributed by atoms with van der Waals surface area (Å²) in [6.45, 7) is 1.47. The maximum Gasteiger partial charge on any atom is 0.352 e. The highest BCUT2D eigenvalue weighted by Gasteiger charge is 2.17. The van der Waals surface area contributed by atoms with Gasteiger partial charge in [-0.1, -0.05) is 0 Å². The zero-order valence-corrected chi connectivity index (χ0v) is 10.3. The summed E-state index contributed by atoms with van der Waals surface area (Å²) < 4.78 is 0. The van der Waals surface area contributed by atoms with Gasteiger partial charge in [0.1, 0.15) is 11.5 Å². The fourth-order valence-corrected chi connectivity index (χ4v) is 2.45. The lowest BCUT2D eigenvalue weighted by molar-refractivity contribution is -0.119. The van der Waals surface area contributed by atoms with Gasteiger partial charge in [0.25, 0.3) is 0 Å². The predicted octanol–water partition coefficient (Wildman–Crippen LogP) is 2.04. The number of aromatic amines is 1. The Bertz CT molecular complexity index is 650. The SMILES string of the molecule is O=C1CCN(c2ccc3[nH]c(C(=O)O)cc3c2)CC1. The number of aromatic nitrogens is 1. The van der Waals surface area contributed by atoms with Gasteiger partial charge in [-0.3, -0.25) is 4.79 Å². The summed E-state index contributed by atoms with van der Waals surface area (Å²) >= 11 is 0. The van der Waals surface area contributed by atoms with Gasteiger partial charge in [-0.15, -0.1) is 0 Å². The van der Waals surface area contributed by atoms with Crippen LogP contribution in [0.5, 0.6) is 0 Å². The van der Waals surface area contributed by atoms with Crippen LogP contribution in [0.15, 0.2) is 24.3 Å². The zero-order chi connectivity index (χ0) is 13.4. The van der Waals surface area contributed by atoms with Crippen molar-refractivity contribution in [2.75, 3.05) is 18.0 Å². The average molecular weight is 258 g/mol. The molecular formula is C14H14N2O3. The van der Waals surface area contributed by atoms with E-state index in [0.717, 1.165) is 29.7 Å². The molecule has 5 heteroatoms. The molecule has 2 N–H and O–H groups in total. The Kier molecular flexibility index (Phi) is 2.74. The summed E-state index contributed by atoms with van der Waals surface area (Å²) in [5, 5.41) is 9.84. The van der Waals surface area contributed by atoms with Gasteiger partial charge in [0, 0.05) is 42.5 Å². The molecule has 0 atom stereocenters. The Balaban J connectivity index is 1.92. The molecule has 0 unspecified atom stereocenters. The van der Waals surface area contributed by atoms with Gasteiger partial charge in [-0.2, -0.15) is 0 Å². The number of nitrogens with zero attached hydrogens (tertiary/aromatic N) is 1. The van der Waals surface area contributed by atoms with Gasteiger partial charge in [-0.05, 0) is 24.3 Å². The van der Waals surface area contributed by atoms with Gasteiger partial charge in [-0.25, -0.2) is 4.79 Å². The summed E-state index contributed by atoms with van der Waals surface area (Å²) in [6, 6.07) is 7.44. The van der Waals surface area contributed by atoms with Crippen molar-refractivity contribution in [1.82, 2.24) is 4.98 Å². The Labute approximate surface area is 109 Å². The average Bonchev–Trinajstić information content (AvgIpc) is 2.82. The van der Waals surface area contributed by atoms with Gasteiger partial charge < -0.3 is 15.0 Å². The molecule has 98 valence electrons. The number of carboxylic acid groups (broad SMARTS) is 1. The standard InChI is InChI=1S/C14H14N2O3/c17-11-3-5-16(6-4-11)10-1-2-12-9(7-10)8-13(15-12)14(18)19/h1-2,7-8,15H,3-6H2,(H,18,19). The number of anilines is 1. The van der Waals surface area contributed by atoms with E-state index in [4.69, 9.17) is 5.11 Å². The lowest BCUT2D eigenvalue weighted by Crippen LogP contribution is -2.33. The summed E-state index contributed by atoms with van der Waals surface area (Å²) in [5.41, 5.74) is 2.05. The summed E-state index contributed by atoms with van der Waals surface area (Å²) in [4.78, 5) is 27.2. The molecule has 0 bridgehead atoms. The minimum Gasteiger partial charge on any atom is -0.477 e. The molecule has 0 saturated carbocycles. The van der Waals surface area contributed by atoms with E-state index in [1.807, 2.05) is 18.2 Å². The smallest absolute Gasteiger partial charge is 0.352 e. The number of carbonyl (C=O) groups excluding carboxylic acids is 1. The number of H-pyrrole nitrogens is 1. The van der Waals surface area contributed by atoms with Crippen molar-refractivity contribution >= 4 is 28.3 Å². The van der Waals surface area contributed by atoms with Gasteiger partial charge in [0.2, 0.25) is 0 Å². The predicted molar refractivity (Wildman–Crippen MR) is 71.7 cm³/mol. The zero-order valence-electron chi connectivity index (χ0n) is 10.3. The Hall–Kier alpha value is -2.30. The fourth-order valence-electron chi connectivity index (χ4n) is 2.45. The molecule has 1 aliphatic rings. The molecule has 1 aromatic carbocycles. The third-order valence-corrected chi connectivity index (χ3v) is 3.52. The molecule has 1 fully saturated rings. The topological polar surface area (TPSA) is 73.4 Å². The van der Waals surface area contributed by atoms with Crippen LogP contribution in [0.2, 0.25) is 0 Å². The number of fused-ring (bicyclic) bond motifs is 1. The van der Waals surface area contributed by atoms with Crippen molar-refractivity contribution in [3.8, 4) is 0 Å². The molecule has 3 rings (SSSR count). The Morgan fingerprint density at radius 3 is 2.63 bits per heavy atom.